The maximum Gasteiger partial charge on any atom is 0.305 e. The van der Waals surface area contributed by atoms with E-state index in [9.17, 15) is 14.0 Å². The lowest BCUT2D eigenvalue weighted by molar-refractivity contribution is -0.137. The van der Waals surface area contributed by atoms with Crippen molar-refractivity contribution in [3.63, 3.8) is 0 Å². The van der Waals surface area contributed by atoms with Gasteiger partial charge in [-0.3, -0.25) is 9.59 Å². The third-order valence-corrected chi connectivity index (χ3v) is 3.89. The number of carbonyl (C=O) groups is 2. The summed E-state index contributed by atoms with van der Waals surface area (Å²) in [6.45, 7) is 1.90. The van der Waals surface area contributed by atoms with Gasteiger partial charge in [-0.25, -0.2) is 4.39 Å². The second-order valence-electron chi connectivity index (χ2n) is 5.58. The van der Waals surface area contributed by atoms with E-state index in [4.69, 9.17) is 5.11 Å². The predicted molar refractivity (Wildman–Crippen MR) is 89.0 cm³/mol. The zero-order valence-corrected chi connectivity index (χ0v) is 13.4. The highest BCUT2D eigenvalue weighted by atomic mass is 19.1. The van der Waals surface area contributed by atoms with Crippen LogP contribution in [0.4, 0.5) is 4.39 Å². The molecule has 0 fully saturated rings. The molecular weight excluding hydrogens is 309 g/mol. The zero-order chi connectivity index (χ0) is 17.5. The van der Waals surface area contributed by atoms with Gasteiger partial charge in [-0.1, -0.05) is 49.4 Å². The minimum absolute atomic E-state index is 0.237. The van der Waals surface area contributed by atoms with Crippen LogP contribution in [0.2, 0.25) is 0 Å². The molecule has 5 heteroatoms. The number of nitrogens with one attached hydrogen (secondary N) is 1. The smallest absolute Gasteiger partial charge is 0.305 e. The van der Waals surface area contributed by atoms with E-state index in [1.54, 1.807) is 0 Å². The lowest BCUT2D eigenvalue weighted by Crippen LogP contribution is -2.34. The Kier molecular flexibility index (Phi) is 6.07. The van der Waals surface area contributed by atoms with E-state index in [1.165, 1.54) is 24.3 Å². The number of amides is 1. The maximum atomic E-state index is 13.1. The van der Waals surface area contributed by atoms with E-state index in [2.05, 4.69) is 5.32 Å². The molecular formula is C19H20FNO3. The zero-order valence-electron chi connectivity index (χ0n) is 13.4. The molecule has 2 rings (SSSR count). The van der Waals surface area contributed by atoms with Crippen molar-refractivity contribution in [2.75, 3.05) is 0 Å². The molecule has 0 bridgehead atoms. The van der Waals surface area contributed by atoms with Crippen LogP contribution in [-0.4, -0.2) is 17.0 Å². The summed E-state index contributed by atoms with van der Waals surface area (Å²) in [5.41, 5.74) is 1.45. The summed E-state index contributed by atoms with van der Waals surface area (Å²) >= 11 is 0. The fourth-order valence-corrected chi connectivity index (χ4v) is 2.65. The number of carbonyl (C=O) groups excluding carboxylic acids is 1. The molecule has 0 aromatic heterocycles. The molecule has 126 valence electrons. The Bertz CT molecular complexity index is 686. The summed E-state index contributed by atoms with van der Waals surface area (Å²) in [5, 5.41) is 11.9. The SMILES string of the molecule is CCC(C(=O)NC(CC(=O)O)c1ccc(F)cc1)c1ccccc1. The molecule has 0 aliphatic heterocycles. The van der Waals surface area contributed by atoms with Crippen LogP contribution in [0, 0.1) is 5.82 Å². The summed E-state index contributed by atoms with van der Waals surface area (Å²) < 4.78 is 13.1. The molecule has 2 aromatic rings. The molecule has 2 aromatic carbocycles. The Morgan fingerprint density at radius 3 is 2.21 bits per heavy atom. The van der Waals surface area contributed by atoms with Crippen molar-refractivity contribution in [2.45, 2.75) is 31.7 Å². The first kappa shape index (κ1) is 17.7. The molecule has 1 amide bonds. The van der Waals surface area contributed by atoms with Gasteiger partial charge in [-0.05, 0) is 29.7 Å². The number of benzene rings is 2. The minimum atomic E-state index is -1.03. The highest BCUT2D eigenvalue weighted by Crippen LogP contribution is 2.23. The van der Waals surface area contributed by atoms with Crippen molar-refractivity contribution < 1.29 is 19.1 Å². The number of carboxylic acids is 1. The van der Waals surface area contributed by atoms with Crippen LogP contribution < -0.4 is 5.32 Å². The Hall–Kier alpha value is -2.69. The average Bonchev–Trinajstić information content (AvgIpc) is 2.56. The number of halogens is 1. The largest absolute Gasteiger partial charge is 0.481 e. The molecule has 2 atom stereocenters. The number of hydrogen-bond donors (Lipinski definition) is 2. The summed E-state index contributed by atoms with van der Waals surface area (Å²) in [5.74, 6) is -2.03. The Morgan fingerprint density at radius 1 is 1.04 bits per heavy atom. The van der Waals surface area contributed by atoms with E-state index < -0.39 is 17.8 Å². The summed E-state index contributed by atoms with van der Waals surface area (Å²) in [6.07, 6.45) is 0.335. The molecule has 0 spiro atoms. The minimum Gasteiger partial charge on any atom is -0.481 e. The van der Waals surface area contributed by atoms with Gasteiger partial charge < -0.3 is 10.4 Å². The molecule has 4 nitrogen and oxygen atoms in total. The fraction of sp³-hybridized carbons (Fsp3) is 0.263. The molecule has 0 radical (unpaired) electrons. The molecule has 0 aliphatic carbocycles. The van der Waals surface area contributed by atoms with E-state index in [0.717, 1.165) is 5.56 Å². The Labute approximate surface area is 140 Å². The van der Waals surface area contributed by atoms with Crippen LogP contribution >= 0.6 is 0 Å². The number of aliphatic carboxylic acids is 1. The first-order chi connectivity index (χ1) is 11.5. The van der Waals surface area contributed by atoms with Crippen molar-refractivity contribution in [1.29, 1.82) is 0 Å². The normalized spacial score (nSPS) is 13.1. The second kappa shape index (κ2) is 8.24. The second-order valence-corrected chi connectivity index (χ2v) is 5.58. The average molecular weight is 329 g/mol. The van der Waals surface area contributed by atoms with Crippen LogP contribution in [0.3, 0.4) is 0 Å². The monoisotopic (exact) mass is 329 g/mol. The van der Waals surface area contributed by atoms with Gasteiger partial charge in [-0.2, -0.15) is 0 Å². The third-order valence-electron chi connectivity index (χ3n) is 3.89. The number of rotatable bonds is 7. The van der Waals surface area contributed by atoms with Crippen LogP contribution in [0.15, 0.2) is 54.6 Å². The van der Waals surface area contributed by atoms with Gasteiger partial charge in [0.15, 0.2) is 0 Å². The van der Waals surface area contributed by atoms with E-state index in [0.29, 0.717) is 12.0 Å². The lowest BCUT2D eigenvalue weighted by atomic mass is 9.94. The van der Waals surface area contributed by atoms with Crippen LogP contribution in [-0.2, 0) is 9.59 Å². The van der Waals surface area contributed by atoms with Gasteiger partial charge >= 0.3 is 5.97 Å². The first-order valence-electron chi connectivity index (χ1n) is 7.83. The number of hydrogen-bond acceptors (Lipinski definition) is 2. The first-order valence-corrected chi connectivity index (χ1v) is 7.83. The summed E-state index contributed by atoms with van der Waals surface area (Å²) in [4.78, 5) is 23.7. The van der Waals surface area contributed by atoms with Gasteiger partial charge in [0.05, 0.1) is 18.4 Å². The van der Waals surface area contributed by atoms with Crippen LogP contribution in [0.1, 0.15) is 42.9 Å². The third kappa shape index (κ3) is 4.65. The van der Waals surface area contributed by atoms with Crippen molar-refractivity contribution in [3.8, 4) is 0 Å². The Morgan fingerprint density at radius 2 is 1.67 bits per heavy atom. The predicted octanol–water partition coefficient (Wildman–Crippen LogP) is 3.65. The standard InChI is InChI=1S/C19H20FNO3/c1-2-16(13-6-4-3-5-7-13)19(24)21-17(12-18(22)23)14-8-10-15(20)11-9-14/h3-11,16-17H,2,12H2,1H3,(H,21,24)(H,22,23). The summed E-state index contributed by atoms with van der Waals surface area (Å²) in [6, 6.07) is 14.1. The van der Waals surface area contributed by atoms with Crippen LogP contribution in [0.5, 0.6) is 0 Å². The molecule has 2 N–H and O–H groups in total. The topological polar surface area (TPSA) is 66.4 Å². The quantitative estimate of drug-likeness (QED) is 0.815. The van der Waals surface area contributed by atoms with E-state index in [1.807, 2.05) is 37.3 Å². The van der Waals surface area contributed by atoms with Crippen molar-refractivity contribution >= 4 is 11.9 Å². The molecule has 24 heavy (non-hydrogen) atoms. The number of carboxylic acid groups (broad SMARTS) is 1. The fourth-order valence-electron chi connectivity index (χ4n) is 2.65. The summed E-state index contributed by atoms with van der Waals surface area (Å²) in [7, 11) is 0. The van der Waals surface area contributed by atoms with Gasteiger partial charge in [0.1, 0.15) is 5.82 Å². The van der Waals surface area contributed by atoms with Gasteiger partial charge in [-0.15, -0.1) is 0 Å². The van der Waals surface area contributed by atoms with Crippen LogP contribution in [0.25, 0.3) is 0 Å². The lowest BCUT2D eigenvalue weighted by Gasteiger charge is -2.22. The molecule has 0 heterocycles. The van der Waals surface area contributed by atoms with Crippen molar-refractivity contribution in [1.82, 2.24) is 5.32 Å². The van der Waals surface area contributed by atoms with Crippen molar-refractivity contribution in [3.05, 3.63) is 71.5 Å². The molecule has 0 saturated carbocycles. The Balaban J connectivity index is 2.20. The maximum absolute atomic E-state index is 13.1. The van der Waals surface area contributed by atoms with Crippen molar-refractivity contribution in [2.24, 2.45) is 0 Å². The highest BCUT2D eigenvalue weighted by Gasteiger charge is 2.24. The molecule has 0 saturated heterocycles. The highest BCUT2D eigenvalue weighted by molar-refractivity contribution is 5.84. The molecule has 2 unspecified atom stereocenters. The van der Waals surface area contributed by atoms with Gasteiger partial charge in [0.25, 0.3) is 0 Å². The van der Waals surface area contributed by atoms with E-state index >= 15 is 0 Å². The molecule has 0 aliphatic rings. The van der Waals surface area contributed by atoms with Gasteiger partial charge in [0, 0.05) is 0 Å². The van der Waals surface area contributed by atoms with E-state index in [-0.39, 0.29) is 18.2 Å². The van der Waals surface area contributed by atoms with Gasteiger partial charge in [0.2, 0.25) is 5.91 Å².